The Kier molecular flexibility index (Phi) is 6.92. The van der Waals surface area contributed by atoms with Crippen molar-refractivity contribution in [2.75, 3.05) is 18.7 Å². The number of rotatable bonds is 6. The molecule has 2 heterocycles. The van der Waals surface area contributed by atoms with Crippen molar-refractivity contribution in [1.29, 1.82) is 0 Å². The zero-order chi connectivity index (χ0) is 23.5. The van der Waals surface area contributed by atoms with Crippen molar-refractivity contribution in [1.82, 2.24) is 5.32 Å². The van der Waals surface area contributed by atoms with Crippen molar-refractivity contribution in [2.45, 2.75) is 20.0 Å². The van der Waals surface area contributed by atoms with Crippen LogP contribution in [-0.4, -0.2) is 25.2 Å². The highest BCUT2D eigenvalue weighted by Gasteiger charge is 2.19. The minimum Gasteiger partial charge on any atom is -0.467 e. The molecular formula is C23H19ClF2N2O4S. The van der Waals surface area contributed by atoms with E-state index in [1.165, 1.54) is 18.2 Å². The Labute approximate surface area is 197 Å². The first kappa shape index (κ1) is 23.2. The summed E-state index contributed by atoms with van der Waals surface area (Å²) in [4.78, 5) is 25.5. The summed E-state index contributed by atoms with van der Waals surface area (Å²) in [7, 11) is 0. The molecule has 1 aromatic heterocycles. The van der Waals surface area contributed by atoms with Gasteiger partial charge in [0.25, 0.3) is 11.8 Å². The third kappa shape index (κ3) is 5.32. The Morgan fingerprint density at radius 2 is 1.94 bits per heavy atom. The van der Waals surface area contributed by atoms with Crippen LogP contribution in [0.3, 0.4) is 0 Å². The fourth-order valence-corrected chi connectivity index (χ4v) is 4.69. The van der Waals surface area contributed by atoms with E-state index >= 15 is 0 Å². The molecule has 33 heavy (non-hydrogen) atoms. The van der Waals surface area contributed by atoms with E-state index in [1.54, 1.807) is 13.0 Å². The maximum Gasteiger partial charge on any atom is 0.261 e. The van der Waals surface area contributed by atoms with Crippen molar-refractivity contribution in [3.05, 3.63) is 80.2 Å². The molecule has 172 valence electrons. The second-order valence-corrected chi connectivity index (χ2v) is 8.83. The summed E-state index contributed by atoms with van der Waals surface area (Å²) in [5.41, 5.74) is 2.10. The topological polar surface area (TPSA) is 76.7 Å². The second kappa shape index (κ2) is 9.86. The lowest BCUT2D eigenvalue weighted by atomic mass is 10.1. The lowest BCUT2D eigenvalue weighted by molar-refractivity contribution is -0.0172. The highest BCUT2D eigenvalue weighted by atomic mass is 35.5. The number of carbonyl (C=O) groups excluding carboxylic acids is 2. The number of ether oxygens (including phenoxy) is 2. The van der Waals surface area contributed by atoms with E-state index in [0.29, 0.717) is 38.7 Å². The fourth-order valence-electron chi connectivity index (χ4n) is 3.46. The lowest BCUT2D eigenvalue weighted by Gasteiger charge is -2.21. The number of aryl methyl sites for hydroxylation is 1. The number of fused-ring (bicyclic) bond motifs is 1. The van der Waals surface area contributed by atoms with Crippen LogP contribution in [-0.2, 0) is 17.8 Å². The molecule has 2 aromatic carbocycles. The van der Waals surface area contributed by atoms with E-state index in [0.717, 1.165) is 23.5 Å². The number of benzene rings is 2. The van der Waals surface area contributed by atoms with Gasteiger partial charge in [0.05, 0.1) is 27.1 Å². The fraction of sp³-hybridized carbons (Fsp3) is 0.217. The largest absolute Gasteiger partial charge is 0.467 e. The Bertz CT molecular complexity index is 1230. The van der Waals surface area contributed by atoms with Gasteiger partial charge in [-0.1, -0.05) is 11.6 Å². The third-order valence-corrected chi connectivity index (χ3v) is 6.43. The van der Waals surface area contributed by atoms with Gasteiger partial charge in [0.1, 0.15) is 17.4 Å². The number of halogens is 3. The molecule has 0 spiro atoms. The molecule has 1 aliphatic rings. The van der Waals surface area contributed by atoms with Crippen LogP contribution in [0.1, 0.15) is 36.7 Å². The monoisotopic (exact) mass is 492 g/mol. The standard InChI is InChI=1S/C23H19ClF2N2O4S/c1-12-6-19(28-22(29)17-3-2-15(25)9-18(17)24)33-21(12)23(30)27-5-4-13-7-16(26)8-14-10-31-11-32-20(13)14/h2-3,6-9H,4-5,10-11H2,1H3,(H,27,30)(H,28,29). The molecule has 0 fully saturated rings. The molecule has 2 N–H and O–H groups in total. The van der Waals surface area contributed by atoms with E-state index < -0.39 is 11.7 Å². The van der Waals surface area contributed by atoms with E-state index in [4.69, 9.17) is 21.1 Å². The maximum atomic E-state index is 13.9. The first-order chi connectivity index (χ1) is 15.8. The first-order valence-electron chi connectivity index (χ1n) is 9.98. The van der Waals surface area contributed by atoms with Gasteiger partial charge in [0.15, 0.2) is 6.79 Å². The van der Waals surface area contributed by atoms with Gasteiger partial charge in [-0.15, -0.1) is 11.3 Å². The SMILES string of the molecule is Cc1cc(NC(=O)c2ccc(F)cc2Cl)sc1C(=O)NCCc1cc(F)cc2c1OCOC2. The van der Waals surface area contributed by atoms with Crippen LogP contribution in [0.25, 0.3) is 0 Å². The molecule has 0 unspecified atom stereocenters. The average Bonchev–Trinajstić information content (AvgIpc) is 3.13. The molecule has 6 nitrogen and oxygen atoms in total. The van der Waals surface area contributed by atoms with E-state index in [1.807, 2.05) is 0 Å². The van der Waals surface area contributed by atoms with Crippen LogP contribution in [0.5, 0.6) is 5.75 Å². The second-order valence-electron chi connectivity index (χ2n) is 7.37. The predicted molar refractivity (Wildman–Crippen MR) is 121 cm³/mol. The van der Waals surface area contributed by atoms with Gasteiger partial charge in [-0.3, -0.25) is 9.59 Å². The minimum absolute atomic E-state index is 0.00572. The molecule has 4 rings (SSSR count). The molecule has 3 aromatic rings. The molecular weight excluding hydrogens is 474 g/mol. The van der Waals surface area contributed by atoms with Crippen molar-refractivity contribution >= 4 is 39.8 Å². The number of carbonyl (C=O) groups is 2. The van der Waals surface area contributed by atoms with Crippen molar-refractivity contribution in [2.24, 2.45) is 0 Å². The van der Waals surface area contributed by atoms with Crippen molar-refractivity contribution in [3.8, 4) is 5.75 Å². The molecule has 1 aliphatic heterocycles. The third-order valence-electron chi connectivity index (χ3n) is 4.97. The molecule has 0 saturated carbocycles. The van der Waals surface area contributed by atoms with Crippen LogP contribution in [0.2, 0.25) is 5.02 Å². The number of hydrogen-bond acceptors (Lipinski definition) is 5. The van der Waals surface area contributed by atoms with E-state index in [-0.39, 0.29) is 42.3 Å². The Morgan fingerprint density at radius 1 is 1.12 bits per heavy atom. The first-order valence-corrected chi connectivity index (χ1v) is 11.2. The van der Waals surface area contributed by atoms with Gasteiger partial charge in [-0.2, -0.15) is 0 Å². The highest BCUT2D eigenvalue weighted by molar-refractivity contribution is 7.18. The lowest BCUT2D eigenvalue weighted by Crippen LogP contribution is -2.26. The Morgan fingerprint density at radius 3 is 2.73 bits per heavy atom. The van der Waals surface area contributed by atoms with Gasteiger partial charge in [-0.25, -0.2) is 8.78 Å². The molecule has 0 atom stereocenters. The van der Waals surface area contributed by atoms with Gasteiger partial charge < -0.3 is 20.1 Å². The smallest absolute Gasteiger partial charge is 0.261 e. The Balaban J connectivity index is 1.39. The zero-order valence-corrected chi connectivity index (χ0v) is 19.0. The molecule has 10 heteroatoms. The summed E-state index contributed by atoms with van der Waals surface area (Å²) in [6, 6.07) is 7.94. The number of anilines is 1. The normalized spacial score (nSPS) is 12.6. The van der Waals surface area contributed by atoms with Crippen LogP contribution in [0, 0.1) is 18.6 Å². The number of hydrogen-bond donors (Lipinski definition) is 2. The summed E-state index contributed by atoms with van der Waals surface area (Å²) in [6.45, 7) is 2.40. The van der Waals surface area contributed by atoms with E-state index in [2.05, 4.69) is 10.6 Å². The van der Waals surface area contributed by atoms with Gasteiger partial charge in [0.2, 0.25) is 0 Å². The molecule has 0 aliphatic carbocycles. The minimum atomic E-state index is -0.541. The number of thiophene rings is 1. The molecule has 0 saturated heterocycles. The summed E-state index contributed by atoms with van der Waals surface area (Å²) < 4.78 is 37.8. The molecule has 2 amide bonds. The van der Waals surface area contributed by atoms with Crippen LogP contribution in [0.15, 0.2) is 36.4 Å². The van der Waals surface area contributed by atoms with Gasteiger partial charge in [-0.05, 0) is 60.9 Å². The summed E-state index contributed by atoms with van der Waals surface area (Å²) in [5, 5.41) is 5.94. The average molecular weight is 493 g/mol. The predicted octanol–water partition coefficient (Wildman–Crippen LogP) is 5.08. The molecule has 0 bridgehead atoms. The van der Waals surface area contributed by atoms with Crippen LogP contribution >= 0.6 is 22.9 Å². The van der Waals surface area contributed by atoms with Crippen LogP contribution < -0.4 is 15.4 Å². The van der Waals surface area contributed by atoms with Crippen molar-refractivity contribution < 1.29 is 27.8 Å². The maximum absolute atomic E-state index is 13.9. The van der Waals surface area contributed by atoms with Gasteiger partial charge in [0, 0.05) is 12.1 Å². The number of amides is 2. The molecule has 0 radical (unpaired) electrons. The summed E-state index contributed by atoms with van der Waals surface area (Å²) >= 11 is 7.05. The Hall–Kier alpha value is -3.01. The van der Waals surface area contributed by atoms with Gasteiger partial charge >= 0.3 is 0 Å². The van der Waals surface area contributed by atoms with Crippen LogP contribution in [0.4, 0.5) is 13.8 Å². The quantitative estimate of drug-likeness (QED) is 0.503. The van der Waals surface area contributed by atoms with Crippen molar-refractivity contribution in [3.63, 3.8) is 0 Å². The van der Waals surface area contributed by atoms with E-state index in [9.17, 15) is 18.4 Å². The highest BCUT2D eigenvalue weighted by Crippen LogP contribution is 2.30. The number of nitrogens with one attached hydrogen (secondary N) is 2. The summed E-state index contributed by atoms with van der Waals surface area (Å²) in [6.07, 6.45) is 0.378. The summed E-state index contributed by atoms with van der Waals surface area (Å²) in [5.74, 6) is -1.16. The zero-order valence-electron chi connectivity index (χ0n) is 17.5.